The van der Waals surface area contributed by atoms with Crippen LogP contribution in [0.25, 0.3) is 0 Å². The van der Waals surface area contributed by atoms with Crippen LogP contribution in [0.1, 0.15) is 15.9 Å². The highest BCUT2D eigenvalue weighted by atomic mass is 19.1. The maximum absolute atomic E-state index is 13.3. The maximum atomic E-state index is 13.3. The van der Waals surface area contributed by atoms with Gasteiger partial charge in [0, 0.05) is 12.6 Å². The molecule has 1 amide bonds. The summed E-state index contributed by atoms with van der Waals surface area (Å²) >= 11 is 0. The van der Waals surface area contributed by atoms with Crippen LogP contribution in [0, 0.1) is 17.7 Å². The maximum Gasteiger partial charge on any atom is 0.253 e. The van der Waals surface area contributed by atoms with Crippen LogP contribution in [-0.4, -0.2) is 24.7 Å². The topological polar surface area (TPSA) is 49.3 Å². The van der Waals surface area contributed by atoms with Gasteiger partial charge < -0.3 is 10.4 Å². The van der Waals surface area contributed by atoms with E-state index in [0.717, 1.165) is 6.07 Å². The van der Waals surface area contributed by atoms with E-state index in [9.17, 15) is 9.18 Å². The van der Waals surface area contributed by atoms with E-state index in [-0.39, 0.29) is 12.2 Å². The normalized spacial score (nSPS) is 9.00. The van der Waals surface area contributed by atoms with E-state index >= 15 is 0 Å². The molecule has 0 aliphatic carbocycles. The molecule has 3 nitrogen and oxygen atoms in total. The Labute approximate surface area is 86.9 Å². The van der Waals surface area contributed by atoms with Crippen LogP contribution in [0.15, 0.2) is 18.2 Å². The summed E-state index contributed by atoms with van der Waals surface area (Å²) in [7, 11) is 1.43. The molecule has 0 radical (unpaired) electrons. The molecule has 78 valence electrons. The number of carbonyl (C=O) groups is 1. The van der Waals surface area contributed by atoms with Gasteiger partial charge in [-0.15, -0.1) is 0 Å². The molecular weight excluding hydrogens is 197 g/mol. The third-order valence-electron chi connectivity index (χ3n) is 1.75. The summed E-state index contributed by atoms with van der Waals surface area (Å²) in [6.07, 6.45) is 0. The average Bonchev–Trinajstić information content (AvgIpc) is 2.25. The molecular formula is C11H10FNO2. The van der Waals surface area contributed by atoms with E-state index in [1.165, 1.54) is 19.2 Å². The standard InChI is InChI=1S/C11H10FNO2/c1-13-11(15)9-5-4-8(3-2-6-14)7-10(9)12/h4-5,7,14H,6H2,1H3,(H,13,15). The Bertz CT molecular complexity index is 432. The van der Waals surface area contributed by atoms with E-state index < -0.39 is 11.7 Å². The van der Waals surface area contributed by atoms with Gasteiger partial charge in [-0.1, -0.05) is 11.8 Å². The fourth-order valence-corrected chi connectivity index (χ4v) is 1.05. The molecule has 0 unspecified atom stereocenters. The van der Waals surface area contributed by atoms with Crippen molar-refractivity contribution in [3.05, 3.63) is 35.1 Å². The first-order valence-electron chi connectivity index (χ1n) is 4.30. The Morgan fingerprint density at radius 1 is 1.60 bits per heavy atom. The molecule has 1 aromatic rings. The molecule has 0 saturated carbocycles. The number of halogens is 1. The number of benzene rings is 1. The lowest BCUT2D eigenvalue weighted by Crippen LogP contribution is -2.19. The van der Waals surface area contributed by atoms with Crippen molar-refractivity contribution in [2.24, 2.45) is 0 Å². The number of nitrogens with one attached hydrogen (secondary N) is 1. The van der Waals surface area contributed by atoms with Gasteiger partial charge in [0.05, 0.1) is 5.56 Å². The summed E-state index contributed by atoms with van der Waals surface area (Å²) in [5.41, 5.74) is 0.404. The summed E-state index contributed by atoms with van der Waals surface area (Å²) in [6, 6.07) is 4.04. The van der Waals surface area contributed by atoms with Crippen LogP contribution in [0.4, 0.5) is 4.39 Å². The minimum atomic E-state index is -0.626. The monoisotopic (exact) mass is 207 g/mol. The molecule has 0 aliphatic rings. The van der Waals surface area contributed by atoms with Gasteiger partial charge in [0.15, 0.2) is 0 Å². The largest absolute Gasteiger partial charge is 0.384 e. The van der Waals surface area contributed by atoms with Gasteiger partial charge in [-0.05, 0) is 18.2 Å². The van der Waals surface area contributed by atoms with Crippen LogP contribution in [-0.2, 0) is 0 Å². The van der Waals surface area contributed by atoms with Crippen molar-refractivity contribution in [2.45, 2.75) is 0 Å². The lowest BCUT2D eigenvalue weighted by atomic mass is 10.1. The minimum Gasteiger partial charge on any atom is -0.384 e. The Balaban J connectivity index is 3.03. The molecule has 0 aromatic heterocycles. The van der Waals surface area contributed by atoms with Crippen LogP contribution in [0.3, 0.4) is 0 Å². The van der Waals surface area contributed by atoms with E-state index in [0.29, 0.717) is 5.56 Å². The molecule has 0 atom stereocenters. The van der Waals surface area contributed by atoms with Gasteiger partial charge in [0.25, 0.3) is 5.91 Å². The second kappa shape index (κ2) is 5.13. The first-order valence-corrected chi connectivity index (χ1v) is 4.30. The number of rotatable bonds is 1. The zero-order valence-corrected chi connectivity index (χ0v) is 8.17. The summed E-state index contributed by atoms with van der Waals surface area (Å²) in [5, 5.41) is 10.8. The summed E-state index contributed by atoms with van der Waals surface area (Å²) in [5.74, 6) is 3.84. The zero-order chi connectivity index (χ0) is 11.3. The number of aliphatic hydroxyl groups is 1. The van der Waals surface area contributed by atoms with E-state index in [1.54, 1.807) is 0 Å². The molecule has 0 aliphatic heterocycles. The SMILES string of the molecule is CNC(=O)c1ccc(C#CCO)cc1F. The van der Waals surface area contributed by atoms with E-state index in [2.05, 4.69) is 17.2 Å². The van der Waals surface area contributed by atoms with Crippen LogP contribution < -0.4 is 5.32 Å². The Morgan fingerprint density at radius 3 is 2.87 bits per heavy atom. The molecule has 15 heavy (non-hydrogen) atoms. The lowest BCUT2D eigenvalue weighted by molar-refractivity contribution is 0.0959. The van der Waals surface area contributed by atoms with Crippen molar-refractivity contribution in [3.8, 4) is 11.8 Å². The van der Waals surface area contributed by atoms with Gasteiger partial charge in [-0.2, -0.15) is 0 Å². The quantitative estimate of drug-likeness (QED) is 0.660. The second-order valence-electron chi connectivity index (χ2n) is 2.73. The number of carbonyl (C=O) groups excluding carboxylic acids is 1. The molecule has 0 spiro atoms. The number of aliphatic hydroxyl groups excluding tert-OH is 1. The highest BCUT2D eigenvalue weighted by molar-refractivity contribution is 5.94. The number of hydrogen-bond acceptors (Lipinski definition) is 2. The fourth-order valence-electron chi connectivity index (χ4n) is 1.05. The smallest absolute Gasteiger partial charge is 0.253 e. The molecule has 0 bridgehead atoms. The Morgan fingerprint density at radius 2 is 2.33 bits per heavy atom. The number of hydrogen-bond donors (Lipinski definition) is 2. The molecule has 0 saturated heterocycles. The molecule has 2 N–H and O–H groups in total. The molecule has 1 aromatic carbocycles. The van der Waals surface area contributed by atoms with Gasteiger partial charge in [-0.3, -0.25) is 4.79 Å². The number of amides is 1. The first kappa shape index (κ1) is 11.2. The molecule has 1 rings (SSSR count). The van der Waals surface area contributed by atoms with Crippen molar-refractivity contribution in [2.75, 3.05) is 13.7 Å². The third kappa shape index (κ3) is 2.79. The van der Waals surface area contributed by atoms with E-state index in [4.69, 9.17) is 5.11 Å². The average molecular weight is 207 g/mol. The highest BCUT2D eigenvalue weighted by Gasteiger charge is 2.09. The minimum absolute atomic E-state index is 0.0213. The van der Waals surface area contributed by atoms with Gasteiger partial charge in [0.2, 0.25) is 0 Å². The van der Waals surface area contributed by atoms with Gasteiger partial charge >= 0.3 is 0 Å². The predicted molar refractivity (Wildman–Crippen MR) is 53.8 cm³/mol. The van der Waals surface area contributed by atoms with Crippen LogP contribution in [0.5, 0.6) is 0 Å². The van der Waals surface area contributed by atoms with Crippen LogP contribution >= 0.6 is 0 Å². The molecule has 4 heteroatoms. The summed E-state index contributed by atoms with van der Waals surface area (Å²) in [4.78, 5) is 11.1. The fraction of sp³-hybridized carbons (Fsp3) is 0.182. The van der Waals surface area contributed by atoms with Gasteiger partial charge in [0.1, 0.15) is 12.4 Å². The van der Waals surface area contributed by atoms with Crippen molar-refractivity contribution in [1.82, 2.24) is 5.32 Å². The first-order chi connectivity index (χ1) is 7.19. The molecule has 0 heterocycles. The zero-order valence-electron chi connectivity index (χ0n) is 8.17. The van der Waals surface area contributed by atoms with Gasteiger partial charge in [-0.25, -0.2) is 4.39 Å². The van der Waals surface area contributed by atoms with E-state index in [1.807, 2.05) is 0 Å². The Kier molecular flexibility index (Phi) is 3.83. The highest BCUT2D eigenvalue weighted by Crippen LogP contribution is 2.09. The summed E-state index contributed by atoms with van der Waals surface area (Å²) in [6.45, 7) is -0.279. The van der Waals surface area contributed by atoms with Crippen molar-refractivity contribution in [3.63, 3.8) is 0 Å². The third-order valence-corrected chi connectivity index (χ3v) is 1.75. The predicted octanol–water partition coefficient (Wildman–Crippen LogP) is 0.529. The lowest BCUT2D eigenvalue weighted by Gasteiger charge is -2.01. The van der Waals surface area contributed by atoms with Crippen molar-refractivity contribution >= 4 is 5.91 Å². The Hall–Kier alpha value is -1.86. The summed E-state index contributed by atoms with van der Waals surface area (Å²) < 4.78 is 13.3. The van der Waals surface area contributed by atoms with Crippen molar-refractivity contribution in [1.29, 1.82) is 0 Å². The molecule has 0 fully saturated rings. The van der Waals surface area contributed by atoms with Crippen LogP contribution in [0.2, 0.25) is 0 Å². The van der Waals surface area contributed by atoms with Crippen molar-refractivity contribution < 1.29 is 14.3 Å². The second-order valence-corrected chi connectivity index (χ2v) is 2.73.